The number of nitrogens with two attached hydrogens (primary N) is 6. The van der Waals surface area contributed by atoms with Crippen molar-refractivity contribution in [3.8, 4) is 0 Å². The highest BCUT2D eigenvalue weighted by Crippen LogP contribution is 2.42. The van der Waals surface area contributed by atoms with Crippen molar-refractivity contribution in [2.45, 2.75) is 289 Å². The zero-order valence-electron chi connectivity index (χ0n) is 73.6. The van der Waals surface area contributed by atoms with E-state index in [1.165, 1.54) is 0 Å². The zero-order valence-corrected chi connectivity index (χ0v) is 73.6. The van der Waals surface area contributed by atoms with Gasteiger partial charge in [0.2, 0.25) is 0 Å². The maximum atomic E-state index is 14.4. The number of aliphatic hydroxyl groups excluding tert-OH is 8. The molecule has 4 saturated heterocycles. The molecule has 23 N–H and O–H groups in total. The van der Waals surface area contributed by atoms with Gasteiger partial charge in [-0.2, -0.15) is 0 Å². The molecule has 3 amide bonds. The Kier molecular flexibility index (Phi) is 40.5. The highest BCUT2D eigenvalue weighted by molar-refractivity contribution is 5.84. The number of ether oxygens (including phenoxy) is 16. The highest BCUT2D eigenvalue weighted by atomic mass is 16.8. The first-order valence-corrected chi connectivity index (χ1v) is 44.7. The van der Waals surface area contributed by atoms with Gasteiger partial charge in [0, 0.05) is 49.3 Å². The molecule has 6 aliphatic heterocycles. The first-order valence-electron chi connectivity index (χ1n) is 44.7. The Bertz CT molecular complexity index is 4250. The van der Waals surface area contributed by atoms with E-state index in [-0.39, 0.29) is 103 Å². The molecule has 131 heavy (non-hydrogen) atoms. The molecule has 0 bridgehead atoms. The number of amides is 3. The summed E-state index contributed by atoms with van der Waals surface area (Å²) in [6.07, 6.45) is -22.3. The summed E-state index contributed by atoms with van der Waals surface area (Å²) in [6.45, 7) is 4.19. The number of carbonyl (C=O) groups is 5. The minimum absolute atomic E-state index is 0.00586. The molecule has 4 aromatic carbocycles. The third-order valence-corrected chi connectivity index (χ3v) is 24.6. The van der Waals surface area contributed by atoms with Crippen molar-refractivity contribution in [2.75, 3.05) is 45.9 Å². The molecule has 2 saturated carbocycles. The number of alkyl carbamates (subject to hydrolysis) is 3. The van der Waals surface area contributed by atoms with Gasteiger partial charge in [-0.3, -0.25) is 9.59 Å². The maximum Gasteiger partial charge on any atom is 0.408 e. The Morgan fingerprint density at radius 2 is 0.916 bits per heavy atom. The van der Waals surface area contributed by atoms with Gasteiger partial charge < -0.3 is 167 Å². The Labute approximate surface area is 759 Å². The van der Waals surface area contributed by atoms with Crippen molar-refractivity contribution in [3.63, 3.8) is 0 Å². The van der Waals surface area contributed by atoms with E-state index in [1.807, 2.05) is 111 Å². The van der Waals surface area contributed by atoms with Crippen LogP contribution in [0.4, 0.5) is 14.4 Å². The van der Waals surface area contributed by atoms with Crippen molar-refractivity contribution >= 4 is 29.8 Å². The molecule has 6 fully saturated rings. The van der Waals surface area contributed by atoms with Crippen LogP contribution < -0.4 is 50.4 Å². The smallest absolute Gasteiger partial charge is 0.408 e. The molecule has 0 aromatic heterocycles. The molecule has 0 spiro atoms. The lowest BCUT2D eigenvalue weighted by Crippen LogP contribution is -2.63. The third-order valence-electron chi connectivity index (χ3n) is 24.6. The van der Waals surface area contributed by atoms with Gasteiger partial charge in [-0.15, -0.1) is 0 Å². The first kappa shape index (κ1) is 103. The predicted molar refractivity (Wildman–Crippen MR) is 464 cm³/mol. The number of azide groups is 1. The molecule has 34 atom stereocenters. The van der Waals surface area contributed by atoms with Crippen LogP contribution in [-0.4, -0.2) is 301 Å². The Morgan fingerprint density at radius 3 is 1.38 bits per heavy atom. The number of carbonyl (C=O) groups excluding carboxylic acids is 5. The maximum absolute atomic E-state index is 14.4. The fraction of sp³-hybridized carbons (Fsp3) is 0.633. The van der Waals surface area contributed by atoms with Crippen LogP contribution in [0.25, 0.3) is 10.4 Å². The van der Waals surface area contributed by atoms with Gasteiger partial charge in [0.25, 0.3) is 0 Å². The molecule has 4 aromatic rings. The van der Waals surface area contributed by atoms with E-state index in [0.717, 1.165) is 22.3 Å². The van der Waals surface area contributed by atoms with Crippen molar-refractivity contribution < 1.29 is 141 Å². The van der Waals surface area contributed by atoms with Gasteiger partial charge in [0.05, 0.1) is 99.9 Å². The van der Waals surface area contributed by atoms with E-state index in [4.69, 9.17) is 110 Å². The quantitative estimate of drug-likeness (QED) is 0.00981. The molecular weight excluding hydrogens is 1710 g/mol. The van der Waals surface area contributed by atoms with Crippen LogP contribution in [0.2, 0.25) is 0 Å². The number of hydrogen-bond donors (Lipinski definition) is 17. The van der Waals surface area contributed by atoms with E-state index in [2.05, 4.69) is 26.0 Å². The average molecular weight is 1840 g/mol. The van der Waals surface area contributed by atoms with Crippen molar-refractivity contribution in [1.29, 1.82) is 0 Å². The summed E-state index contributed by atoms with van der Waals surface area (Å²) in [5.74, 6) is -3.97. The lowest BCUT2D eigenvalue weighted by atomic mass is 9.73. The molecule has 41 heteroatoms. The zero-order chi connectivity index (χ0) is 93.8. The number of benzene rings is 4. The van der Waals surface area contributed by atoms with E-state index >= 15 is 0 Å². The average Bonchev–Trinajstić information content (AvgIpc) is 1.34. The second-order valence-electron chi connectivity index (χ2n) is 34.2. The standard InChI is InChI=1S/C62H76N6O17.C28H54N6O12/c1-4-45-25-27-47(66-61(74)78-36-42-21-13-7-14-22-42)57(80-45)83-54-38(2)29-44(30-49(70)39(3)50(32-65-68-63)76-34-40-17-9-5-10-18-40)52(71)56(54)85-59-53(72)55(51(33-69)82-59)84-58-48(67-62(75)79-37-43-23-15-8-16-24-43)28-26-46(81-58)31-64-60(73)77-35-41-19-11-6-12-20-41;29-7-12-1-3-14(32)26(41-12)44-23-16(34)5-11(6-17(36)21(39)18(37)9-31)20(38)25(23)46-28-22(40)24(19(10-35)43-28)45-27-15(33)4-2-13(8-30)42-27/h5-28,38-39,44-48,50-59,69,71-72H,4,29-37H2,1-3H3,(H,64,73)(H,66,74)(H,67,75);11-16,18-28,35,37-40H,1-10,29-34H2/t38-,39+,44-,45+,46+,47+,48+,50-,51+,52-,53+,54+,55+,56+,57+,58+,59-;11-,12-,13+,14+,15+,16-,18-,19+,20-,21+,22+,23+,24+,25+,26+,27+,28-/m00/s1. The van der Waals surface area contributed by atoms with E-state index in [1.54, 1.807) is 55.5 Å². The summed E-state index contributed by atoms with van der Waals surface area (Å²) < 4.78 is 97.5. The van der Waals surface area contributed by atoms with Gasteiger partial charge in [0.1, 0.15) is 98.7 Å². The second kappa shape index (κ2) is 51.4. The van der Waals surface area contributed by atoms with Crippen LogP contribution in [0.15, 0.2) is 151 Å². The lowest BCUT2D eigenvalue weighted by molar-refractivity contribution is -0.291. The summed E-state index contributed by atoms with van der Waals surface area (Å²) >= 11 is 0. The van der Waals surface area contributed by atoms with Crippen LogP contribution in [-0.2, 0) is 112 Å². The van der Waals surface area contributed by atoms with Gasteiger partial charge >= 0.3 is 18.3 Å². The molecule has 8 aliphatic rings. The van der Waals surface area contributed by atoms with E-state index in [0.29, 0.717) is 32.1 Å². The number of rotatable bonds is 41. The summed E-state index contributed by atoms with van der Waals surface area (Å²) in [4.78, 5) is 69.5. The predicted octanol–water partition coefficient (Wildman–Crippen LogP) is 1.37. The van der Waals surface area contributed by atoms with Crippen LogP contribution in [0.3, 0.4) is 0 Å². The number of ketones is 2. The molecule has 2 aliphatic carbocycles. The molecule has 41 nitrogen and oxygen atoms in total. The largest absolute Gasteiger partial charge is 0.445 e. The van der Waals surface area contributed by atoms with Gasteiger partial charge in [0.15, 0.2) is 43.5 Å². The van der Waals surface area contributed by atoms with Gasteiger partial charge in [-0.1, -0.05) is 172 Å². The summed E-state index contributed by atoms with van der Waals surface area (Å²) in [7, 11) is 0. The van der Waals surface area contributed by atoms with Crippen LogP contribution in [0.1, 0.15) is 101 Å². The minimum atomic E-state index is -1.76. The monoisotopic (exact) mass is 1840 g/mol. The number of nitrogens with one attached hydrogen (secondary N) is 3. The second-order valence-corrected chi connectivity index (χ2v) is 34.2. The molecule has 12 rings (SSSR count). The Hall–Kier alpha value is -8.26. The molecule has 724 valence electrons. The summed E-state index contributed by atoms with van der Waals surface area (Å²) in [5, 5.41) is 101. The number of aliphatic hydroxyl groups is 8. The van der Waals surface area contributed by atoms with Gasteiger partial charge in [-0.05, 0) is 90.5 Å². The minimum Gasteiger partial charge on any atom is -0.445 e. The molecular formula is C90H130N12O29. The lowest BCUT2D eigenvalue weighted by Gasteiger charge is -2.46. The van der Waals surface area contributed by atoms with E-state index < -0.39 is 233 Å². The van der Waals surface area contributed by atoms with Crippen LogP contribution in [0, 0.1) is 23.7 Å². The first-order chi connectivity index (χ1) is 63.2. The van der Waals surface area contributed by atoms with Crippen LogP contribution in [0.5, 0.6) is 0 Å². The fourth-order valence-electron chi connectivity index (χ4n) is 17.0. The molecule has 6 heterocycles. The topological polar surface area (TPSA) is 636 Å². The van der Waals surface area contributed by atoms with Crippen molar-refractivity contribution in [1.82, 2.24) is 16.0 Å². The summed E-state index contributed by atoms with van der Waals surface area (Å²) in [6, 6.07) is 32.8. The van der Waals surface area contributed by atoms with Crippen molar-refractivity contribution in [2.24, 2.45) is 63.2 Å². The molecule has 0 radical (unpaired) electrons. The number of Topliss-reactive ketones (excluding diaryl/α,β-unsaturated/α-hetero) is 2. The highest BCUT2D eigenvalue weighted by Gasteiger charge is 2.56. The van der Waals surface area contributed by atoms with Crippen molar-refractivity contribution in [3.05, 3.63) is 178 Å². The third kappa shape index (κ3) is 29.1. The van der Waals surface area contributed by atoms with E-state index in [9.17, 15) is 70.4 Å². The van der Waals surface area contributed by atoms with Crippen LogP contribution >= 0.6 is 0 Å². The molecule has 0 unspecified atom stereocenters. The normalized spacial score (nSPS) is 34.4. The van der Waals surface area contributed by atoms with Gasteiger partial charge in [-0.25, -0.2) is 14.4 Å². The summed E-state index contributed by atoms with van der Waals surface area (Å²) in [5.41, 5.74) is 48.4. The number of nitrogens with zero attached hydrogens (tertiary/aromatic N) is 3. The number of hydrogen-bond acceptors (Lipinski definition) is 36. The fourth-order valence-corrected chi connectivity index (χ4v) is 17.0. The Balaban J connectivity index is 0.000000303. The Morgan fingerprint density at radius 1 is 0.496 bits per heavy atom. The SMILES string of the molecule is CC[C@@H]1C=C[C@@H](NC(=O)OCc2ccccc2)[C@@H](O[C@H]2[C@H](O[C@@H]3O[C@H](CO)[C@@H](O[C@H]4O[C@@H](CNC(=O)OCc5ccccc5)C=C[C@H]4NC(=O)OCc4ccccc4)[C@H]3O)[C@@H](O)[C@H](CC(=O)[C@@H](C)[C@H](CN=[N+]=[N-])OCc3ccccc3)C[C@@H]2C)O1.NC[C@@H]1CC[C@@H](N)[C@@H](O[C@H]2[C@H](O[C@@H]3O[C@H](CO)[C@@H](O[C@H]4O[C@@H](CN)CC[C@H]4N)[C@H]3O)[C@@H](O)[C@H](CC(=O)[C@@H](O)[C@@H](O)CN)C[C@@H]2N)O1.